The Bertz CT molecular complexity index is 1270. The van der Waals surface area contributed by atoms with Crippen LogP contribution in [0.2, 0.25) is 5.02 Å². The minimum absolute atomic E-state index is 0.0275. The zero-order chi connectivity index (χ0) is 24.9. The Morgan fingerprint density at radius 1 is 1.00 bits per heavy atom. The van der Waals surface area contributed by atoms with Crippen molar-refractivity contribution in [1.29, 1.82) is 0 Å². The molecule has 0 aliphatic carbocycles. The predicted octanol–water partition coefficient (Wildman–Crippen LogP) is 5.56. The second-order valence-electron chi connectivity index (χ2n) is 8.94. The maximum absolute atomic E-state index is 12.9. The van der Waals surface area contributed by atoms with Crippen LogP contribution in [0.25, 0.3) is 0 Å². The molecule has 0 heterocycles. The zero-order valence-corrected chi connectivity index (χ0v) is 21.3. The summed E-state index contributed by atoms with van der Waals surface area (Å²) in [6.45, 7) is 8.75. The number of ether oxygens (including phenoxy) is 1. The molecule has 0 spiro atoms. The van der Waals surface area contributed by atoms with Crippen molar-refractivity contribution < 1.29 is 17.9 Å². The van der Waals surface area contributed by atoms with Crippen LogP contribution >= 0.6 is 11.6 Å². The van der Waals surface area contributed by atoms with Gasteiger partial charge in [0.1, 0.15) is 17.3 Å². The van der Waals surface area contributed by atoms with Gasteiger partial charge in [0.05, 0.1) is 17.3 Å². The molecule has 0 atom stereocenters. The molecule has 3 aromatic carbocycles. The van der Waals surface area contributed by atoms with E-state index in [0.717, 1.165) is 5.56 Å². The molecule has 0 saturated heterocycles. The number of hydrogen-bond donors (Lipinski definition) is 2. The molecule has 3 aromatic rings. The van der Waals surface area contributed by atoms with E-state index in [2.05, 4.69) is 30.8 Å². The van der Waals surface area contributed by atoms with Crippen molar-refractivity contribution >= 4 is 33.2 Å². The average molecular weight is 501 g/mol. The highest BCUT2D eigenvalue weighted by molar-refractivity contribution is 7.92. The van der Waals surface area contributed by atoms with Gasteiger partial charge < -0.3 is 10.1 Å². The quantitative estimate of drug-likeness (QED) is 0.397. The summed E-state index contributed by atoms with van der Waals surface area (Å²) < 4.78 is 34.0. The second kappa shape index (κ2) is 10.5. The first-order valence-electron chi connectivity index (χ1n) is 10.9. The molecule has 0 aliphatic rings. The van der Waals surface area contributed by atoms with Gasteiger partial charge in [-0.1, -0.05) is 62.7 Å². The second-order valence-corrected chi connectivity index (χ2v) is 11.0. The van der Waals surface area contributed by atoms with Crippen molar-refractivity contribution in [2.24, 2.45) is 0 Å². The van der Waals surface area contributed by atoms with Crippen LogP contribution in [0, 0.1) is 6.92 Å². The van der Waals surface area contributed by atoms with Crippen LogP contribution in [0.15, 0.2) is 71.6 Å². The number of halogens is 1. The largest absolute Gasteiger partial charge is 0.492 e. The van der Waals surface area contributed by atoms with Gasteiger partial charge in [0.25, 0.3) is 15.9 Å². The monoisotopic (exact) mass is 500 g/mol. The molecule has 0 saturated carbocycles. The molecule has 0 radical (unpaired) electrons. The fraction of sp³-hybridized carbons (Fsp3) is 0.269. The number of amides is 1. The molecule has 3 rings (SSSR count). The maximum atomic E-state index is 12.9. The molecular formula is C26H29ClN2O4S. The highest BCUT2D eigenvalue weighted by atomic mass is 35.5. The zero-order valence-electron chi connectivity index (χ0n) is 19.7. The molecule has 6 nitrogen and oxygen atoms in total. The number of hydrogen-bond acceptors (Lipinski definition) is 4. The van der Waals surface area contributed by atoms with E-state index >= 15 is 0 Å². The van der Waals surface area contributed by atoms with Gasteiger partial charge in [-0.2, -0.15) is 0 Å². The van der Waals surface area contributed by atoms with Crippen LogP contribution in [0.4, 0.5) is 5.69 Å². The predicted molar refractivity (Wildman–Crippen MR) is 136 cm³/mol. The number of para-hydroxylation sites is 1. The van der Waals surface area contributed by atoms with Gasteiger partial charge in [-0.3, -0.25) is 9.52 Å². The topological polar surface area (TPSA) is 84.5 Å². The number of benzene rings is 3. The first-order valence-corrected chi connectivity index (χ1v) is 12.7. The van der Waals surface area contributed by atoms with Crippen molar-refractivity contribution in [2.45, 2.75) is 38.0 Å². The summed E-state index contributed by atoms with van der Waals surface area (Å²) in [6.07, 6.45) is 0. The molecule has 8 heteroatoms. The van der Waals surface area contributed by atoms with Crippen molar-refractivity contribution in [3.05, 3.63) is 88.4 Å². The molecule has 34 heavy (non-hydrogen) atoms. The van der Waals surface area contributed by atoms with Crippen molar-refractivity contribution in [3.8, 4) is 5.75 Å². The van der Waals surface area contributed by atoms with E-state index in [0.29, 0.717) is 11.4 Å². The summed E-state index contributed by atoms with van der Waals surface area (Å²) >= 11 is 6.15. The standard InChI is InChI=1S/C26H29ClN2O4S/c1-18-7-5-6-8-23(18)29-34(31,32)24-17-19(9-14-22(24)27)25(30)28-15-16-33-21-12-10-20(11-13-21)26(2,3)4/h5-14,17,29H,15-16H2,1-4H3,(H,28,30). The van der Waals surface area contributed by atoms with Crippen LogP contribution in [0.3, 0.4) is 0 Å². The highest BCUT2D eigenvalue weighted by Gasteiger charge is 2.21. The lowest BCUT2D eigenvalue weighted by atomic mass is 9.87. The molecule has 0 unspecified atom stereocenters. The third kappa shape index (κ3) is 6.52. The number of carbonyl (C=O) groups excluding carboxylic acids is 1. The lowest BCUT2D eigenvalue weighted by Gasteiger charge is -2.19. The average Bonchev–Trinajstić information content (AvgIpc) is 2.78. The first kappa shape index (κ1) is 25.6. The summed E-state index contributed by atoms with van der Waals surface area (Å²) in [6, 6.07) is 19.0. The van der Waals surface area contributed by atoms with E-state index in [-0.39, 0.29) is 34.0 Å². The van der Waals surface area contributed by atoms with Gasteiger partial charge in [0.2, 0.25) is 0 Å². The van der Waals surface area contributed by atoms with E-state index in [4.69, 9.17) is 16.3 Å². The number of anilines is 1. The van der Waals surface area contributed by atoms with E-state index < -0.39 is 15.9 Å². The Balaban J connectivity index is 1.61. The molecule has 1 amide bonds. The molecule has 180 valence electrons. The fourth-order valence-corrected chi connectivity index (χ4v) is 4.88. The Morgan fingerprint density at radius 3 is 2.32 bits per heavy atom. The van der Waals surface area contributed by atoms with Crippen molar-refractivity contribution in [2.75, 3.05) is 17.9 Å². The summed E-state index contributed by atoms with van der Waals surface area (Å²) in [5, 5.41) is 2.77. The van der Waals surface area contributed by atoms with Crippen LogP contribution in [-0.2, 0) is 15.4 Å². The third-order valence-corrected chi connectivity index (χ3v) is 7.10. The molecule has 2 N–H and O–H groups in total. The Morgan fingerprint density at radius 2 is 1.68 bits per heavy atom. The SMILES string of the molecule is Cc1ccccc1NS(=O)(=O)c1cc(C(=O)NCCOc2ccc(C(C)(C)C)cc2)ccc1Cl. The van der Waals surface area contributed by atoms with Crippen LogP contribution in [0.1, 0.15) is 42.3 Å². The maximum Gasteiger partial charge on any atom is 0.263 e. The number of aryl methyl sites for hydroxylation is 1. The van der Waals surface area contributed by atoms with E-state index in [1.165, 1.54) is 23.8 Å². The van der Waals surface area contributed by atoms with Gasteiger partial charge in [0, 0.05) is 5.56 Å². The smallest absolute Gasteiger partial charge is 0.263 e. The van der Waals surface area contributed by atoms with Gasteiger partial charge in [0.15, 0.2) is 0 Å². The van der Waals surface area contributed by atoms with Gasteiger partial charge >= 0.3 is 0 Å². The molecular weight excluding hydrogens is 472 g/mol. The number of rotatable bonds is 8. The van der Waals surface area contributed by atoms with Gasteiger partial charge in [-0.25, -0.2) is 8.42 Å². The van der Waals surface area contributed by atoms with E-state index in [1.807, 2.05) is 30.3 Å². The molecule has 0 fully saturated rings. The normalized spacial score (nSPS) is 11.7. The van der Waals surface area contributed by atoms with E-state index in [1.54, 1.807) is 25.1 Å². The molecule has 0 aromatic heterocycles. The minimum Gasteiger partial charge on any atom is -0.492 e. The fourth-order valence-electron chi connectivity index (χ4n) is 3.22. The minimum atomic E-state index is -3.98. The summed E-state index contributed by atoms with van der Waals surface area (Å²) in [4.78, 5) is 12.4. The number of sulfonamides is 1. The van der Waals surface area contributed by atoms with Crippen LogP contribution < -0.4 is 14.8 Å². The summed E-state index contributed by atoms with van der Waals surface area (Å²) in [5.41, 5.74) is 2.67. The van der Waals surface area contributed by atoms with Crippen LogP contribution in [-0.4, -0.2) is 27.5 Å². The molecule has 0 bridgehead atoms. The molecule has 0 aliphatic heterocycles. The highest BCUT2D eigenvalue weighted by Crippen LogP contribution is 2.26. The van der Waals surface area contributed by atoms with Crippen LogP contribution in [0.5, 0.6) is 5.75 Å². The number of nitrogens with one attached hydrogen (secondary N) is 2. The lowest BCUT2D eigenvalue weighted by molar-refractivity contribution is 0.0946. The Kier molecular flexibility index (Phi) is 7.89. The van der Waals surface area contributed by atoms with Gasteiger partial charge in [-0.15, -0.1) is 0 Å². The Hall–Kier alpha value is -3.03. The summed E-state index contributed by atoms with van der Waals surface area (Å²) in [5.74, 6) is 0.292. The first-order chi connectivity index (χ1) is 16.0. The third-order valence-electron chi connectivity index (χ3n) is 5.25. The Labute approximate surface area is 206 Å². The lowest BCUT2D eigenvalue weighted by Crippen LogP contribution is -2.28. The van der Waals surface area contributed by atoms with Gasteiger partial charge in [-0.05, 0) is 59.9 Å². The summed E-state index contributed by atoms with van der Waals surface area (Å²) in [7, 11) is -3.98. The van der Waals surface area contributed by atoms with Crippen molar-refractivity contribution in [3.63, 3.8) is 0 Å². The van der Waals surface area contributed by atoms with Crippen molar-refractivity contribution in [1.82, 2.24) is 5.32 Å². The number of carbonyl (C=O) groups is 1. The van der Waals surface area contributed by atoms with E-state index in [9.17, 15) is 13.2 Å².